The van der Waals surface area contributed by atoms with Crippen molar-refractivity contribution >= 4 is 11.8 Å². The van der Waals surface area contributed by atoms with Gasteiger partial charge in [-0.25, -0.2) is 4.98 Å². The molecule has 2 aliphatic rings. The molecule has 0 bridgehead atoms. The van der Waals surface area contributed by atoms with Crippen LogP contribution in [0.2, 0.25) is 0 Å². The van der Waals surface area contributed by atoms with Gasteiger partial charge in [-0.05, 0) is 36.9 Å². The smallest absolute Gasteiger partial charge is 0.251 e. The minimum absolute atomic E-state index is 0.00706. The Bertz CT molecular complexity index is 458. The average molecular weight is 236 g/mol. The zero-order valence-electron chi connectivity index (χ0n) is 9.56. The summed E-state index contributed by atoms with van der Waals surface area (Å²) >= 11 is 1.50. The van der Waals surface area contributed by atoms with Crippen molar-refractivity contribution in [1.82, 2.24) is 9.97 Å². The van der Waals surface area contributed by atoms with E-state index in [1.165, 1.54) is 24.6 Å². The van der Waals surface area contributed by atoms with Crippen LogP contribution in [0.3, 0.4) is 0 Å². The predicted molar refractivity (Wildman–Crippen MR) is 64.8 cm³/mol. The second-order valence-electron chi connectivity index (χ2n) is 5.11. The van der Waals surface area contributed by atoms with E-state index >= 15 is 0 Å². The van der Waals surface area contributed by atoms with E-state index < -0.39 is 0 Å². The summed E-state index contributed by atoms with van der Waals surface area (Å²) in [7, 11) is 0. The van der Waals surface area contributed by atoms with Gasteiger partial charge in [0.15, 0.2) is 5.16 Å². The van der Waals surface area contributed by atoms with Gasteiger partial charge in [0.1, 0.15) is 0 Å². The molecule has 0 amide bonds. The van der Waals surface area contributed by atoms with Gasteiger partial charge in [-0.1, -0.05) is 18.7 Å². The predicted octanol–water partition coefficient (Wildman–Crippen LogP) is 2.25. The van der Waals surface area contributed by atoms with E-state index in [2.05, 4.69) is 16.9 Å². The number of nitrogens with one attached hydrogen (secondary N) is 1. The number of aromatic amines is 1. The van der Waals surface area contributed by atoms with Gasteiger partial charge in [-0.2, -0.15) is 0 Å². The average Bonchev–Trinajstić information content (AvgIpc) is 2.76. The first kappa shape index (κ1) is 10.4. The number of nitrogens with zero attached hydrogens (tertiary/aromatic N) is 1. The highest BCUT2D eigenvalue weighted by Crippen LogP contribution is 2.64. The van der Waals surface area contributed by atoms with E-state index in [0.29, 0.717) is 5.92 Å². The van der Waals surface area contributed by atoms with Crippen molar-refractivity contribution in [3.8, 4) is 0 Å². The lowest BCUT2D eigenvalue weighted by Crippen LogP contribution is -2.10. The fraction of sp³-hybridized carbons (Fsp3) is 0.667. The van der Waals surface area contributed by atoms with E-state index in [0.717, 1.165) is 28.6 Å². The van der Waals surface area contributed by atoms with Crippen molar-refractivity contribution in [1.29, 1.82) is 0 Å². The van der Waals surface area contributed by atoms with E-state index in [1.807, 2.05) is 6.26 Å². The van der Waals surface area contributed by atoms with Gasteiger partial charge in [0.25, 0.3) is 5.56 Å². The summed E-state index contributed by atoms with van der Waals surface area (Å²) in [6.45, 7) is 2.32. The van der Waals surface area contributed by atoms with Crippen molar-refractivity contribution in [3.05, 3.63) is 22.1 Å². The number of H-pyrrole nitrogens is 1. The molecule has 4 heteroatoms. The molecule has 4 atom stereocenters. The highest BCUT2D eigenvalue weighted by Gasteiger charge is 2.56. The molecule has 0 aromatic carbocycles. The fourth-order valence-electron chi connectivity index (χ4n) is 3.27. The summed E-state index contributed by atoms with van der Waals surface area (Å²) in [6.07, 6.45) is 4.58. The highest BCUT2D eigenvalue weighted by molar-refractivity contribution is 7.98. The third kappa shape index (κ3) is 1.59. The molecule has 1 aromatic heterocycles. The van der Waals surface area contributed by atoms with Crippen molar-refractivity contribution in [2.75, 3.05) is 6.26 Å². The van der Waals surface area contributed by atoms with Crippen LogP contribution in [-0.4, -0.2) is 16.2 Å². The molecule has 2 saturated carbocycles. The zero-order valence-corrected chi connectivity index (χ0v) is 10.4. The molecule has 3 nitrogen and oxygen atoms in total. The van der Waals surface area contributed by atoms with Gasteiger partial charge in [0.05, 0.1) is 5.69 Å². The van der Waals surface area contributed by atoms with Crippen molar-refractivity contribution < 1.29 is 0 Å². The van der Waals surface area contributed by atoms with Crippen molar-refractivity contribution in [3.63, 3.8) is 0 Å². The van der Waals surface area contributed by atoms with Crippen LogP contribution >= 0.6 is 11.8 Å². The van der Waals surface area contributed by atoms with Gasteiger partial charge in [0.2, 0.25) is 0 Å². The molecular formula is C12H16N2OS. The van der Waals surface area contributed by atoms with E-state index in [9.17, 15) is 4.79 Å². The first-order chi connectivity index (χ1) is 7.69. The summed E-state index contributed by atoms with van der Waals surface area (Å²) in [6, 6.07) is 1.69. The Kier molecular flexibility index (Phi) is 2.35. The number of hydrogen-bond donors (Lipinski definition) is 1. The lowest BCUT2D eigenvalue weighted by Gasteiger charge is -2.08. The molecule has 0 saturated heterocycles. The van der Waals surface area contributed by atoms with Crippen LogP contribution in [0, 0.1) is 17.8 Å². The Balaban J connectivity index is 1.87. The molecule has 2 unspecified atom stereocenters. The monoisotopic (exact) mass is 236 g/mol. The molecule has 0 spiro atoms. The number of fused-ring (bicyclic) bond motifs is 1. The minimum atomic E-state index is -0.00706. The molecular weight excluding hydrogens is 220 g/mol. The number of rotatable bonds is 2. The molecule has 1 heterocycles. The van der Waals surface area contributed by atoms with Crippen LogP contribution in [-0.2, 0) is 0 Å². The van der Waals surface area contributed by atoms with Gasteiger partial charge in [-0.15, -0.1) is 0 Å². The third-order valence-electron chi connectivity index (χ3n) is 3.96. The van der Waals surface area contributed by atoms with E-state index in [4.69, 9.17) is 0 Å². The number of aromatic nitrogens is 2. The molecule has 2 fully saturated rings. The molecule has 86 valence electrons. The summed E-state index contributed by atoms with van der Waals surface area (Å²) in [5.74, 6) is 3.05. The number of thioether (sulfide) groups is 1. The van der Waals surface area contributed by atoms with Gasteiger partial charge in [0, 0.05) is 12.0 Å². The molecule has 0 aliphatic heterocycles. The summed E-state index contributed by atoms with van der Waals surface area (Å²) in [4.78, 5) is 18.8. The van der Waals surface area contributed by atoms with Crippen LogP contribution in [0.5, 0.6) is 0 Å². The quantitative estimate of drug-likeness (QED) is 0.633. The second kappa shape index (κ2) is 3.62. The number of hydrogen-bond acceptors (Lipinski definition) is 3. The maximum Gasteiger partial charge on any atom is 0.251 e. The first-order valence-electron chi connectivity index (χ1n) is 5.84. The summed E-state index contributed by atoms with van der Waals surface area (Å²) in [5, 5.41) is 0.750. The summed E-state index contributed by atoms with van der Waals surface area (Å²) < 4.78 is 0. The zero-order chi connectivity index (χ0) is 11.3. The maximum atomic E-state index is 11.5. The normalized spacial score (nSPS) is 36.1. The van der Waals surface area contributed by atoms with Gasteiger partial charge >= 0.3 is 0 Å². The van der Waals surface area contributed by atoms with E-state index in [-0.39, 0.29) is 5.56 Å². The lowest BCUT2D eigenvalue weighted by molar-refractivity contribution is 0.508. The third-order valence-corrected chi connectivity index (χ3v) is 4.54. The lowest BCUT2D eigenvalue weighted by atomic mass is 10.0. The SMILES string of the molecule is CSc1nc(C2[C@H]3CC(C)C[C@@H]23)cc(=O)[nH]1. The highest BCUT2D eigenvalue weighted by atomic mass is 32.2. The second-order valence-corrected chi connectivity index (χ2v) is 5.90. The van der Waals surface area contributed by atoms with Crippen LogP contribution in [0.15, 0.2) is 16.0 Å². The minimum Gasteiger partial charge on any atom is -0.301 e. The maximum absolute atomic E-state index is 11.5. The molecule has 0 radical (unpaired) electrons. The molecule has 1 N–H and O–H groups in total. The Labute approximate surface area is 99.1 Å². The van der Waals surface area contributed by atoms with Crippen LogP contribution in [0.4, 0.5) is 0 Å². The molecule has 1 aromatic rings. The van der Waals surface area contributed by atoms with Crippen LogP contribution in [0.1, 0.15) is 31.4 Å². The van der Waals surface area contributed by atoms with Crippen molar-refractivity contribution in [2.45, 2.75) is 30.8 Å². The van der Waals surface area contributed by atoms with E-state index in [1.54, 1.807) is 6.07 Å². The topological polar surface area (TPSA) is 45.8 Å². The summed E-state index contributed by atoms with van der Waals surface area (Å²) in [5.41, 5.74) is 1.02. The molecule has 16 heavy (non-hydrogen) atoms. The van der Waals surface area contributed by atoms with Crippen molar-refractivity contribution in [2.24, 2.45) is 17.8 Å². The molecule has 3 rings (SSSR count). The standard InChI is InChI=1S/C12H16N2OS/c1-6-3-7-8(4-6)11(7)9-5-10(15)14-12(13-9)16-2/h5-8,11H,3-4H2,1-2H3,(H,13,14,15)/t6?,7-,8+,11?. The Morgan fingerprint density at radius 1 is 1.44 bits per heavy atom. The van der Waals surface area contributed by atoms with Gasteiger partial charge < -0.3 is 4.98 Å². The Hall–Kier alpha value is -0.770. The van der Waals surface area contributed by atoms with Gasteiger partial charge in [-0.3, -0.25) is 4.79 Å². The Morgan fingerprint density at radius 3 is 2.75 bits per heavy atom. The van der Waals surface area contributed by atoms with Crippen LogP contribution < -0.4 is 5.56 Å². The largest absolute Gasteiger partial charge is 0.301 e. The first-order valence-corrected chi connectivity index (χ1v) is 7.06. The fourth-order valence-corrected chi connectivity index (χ4v) is 3.67. The molecule has 2 aliphatic carbocycles. The van der Waals surface area contributed by atoms with Crippen LogP contribution in [0.25, 0.3) is 0 Å². The Morgan fingerprint density at radius 2 is 2.12 bits per heavy atom.